The van der Waals surface area contributed by atoms with E-state index >= 15 is 0 Å². The van der Waals surface area contributed by atoms with E-state index in [1.54, 1.807) is 0 Å². The van der Waals surface area contributed by atoms with E-state index in [0.29, 0.717) is 0 Å². The average molecular weight is 111 g/mol. The lowest BCUT2D eigenvalue weighted by atomic mass is 10.5. The van der Waals surface area contributed by atoms with Crippen LogP contribution in [-0.4, -0.2) is 18.6 Å². The molecule has 0 aromatic carbocycles. The summed E-state index contributed by atoms with van der Waals surface area (Å²) >= 11 is 0. The van der Waals surface area contributed by atoms with Gasteiger partial charge in [-0.25, -0.2) is 0 Å². The second-order valence-corrected chi connectivity index (χ2v) is 1.34. The molecule has 0 bridgehead atoms. The Balaban J connectivity index is 2.58. The van der Waals surface area contributed by atoms with Gasteiger partial charge in [0.15, 0.2) is 6.61 Å². The van der Waals surface area contributed by atoms with Crippen LogP contribution < -0.4 is 0 Å². The van der Waals surface area contributed by atoms with E-state index in [4.69, 9.17) is 0 Å². The van der Waals surface area contributed by atoms with E-state index in [0.717, 1.165) is 0 Å². The standard InChI is InChI=1S/C5H5NO2/c7-5-3-6-1-2-8-4-5/h1-3H,4H2. The molecule has 0 spiro atoms. The number of Topliss-reactive ketones (excluding diaryl/α,β-unsaturated/α-hetero) is 1. The van der Waals surface area contributed by atoms with Crippen molar-refractivity contribution in [2.24, 2.45) is 4.99 Å². The van der Waals surface area contributed by atoms with Crippen molar-refractivity contribution in [2.75, 3.05) is 6.61 Å². The van der Waals surface area contributed by atoms with Crippen LogP contribution in [0.15, 0.2) is 17.5 Å². The van der Waals surface area contributed by atoms with E-state index in [2.05, 4.69) is 9.73 Å². The van der Waals surface area contributed by atoms with Gasteiger partial charge >= 0.3 is 0 Å². The van der Waals surface area contributed by atoms with E-state index in [9.17, 15) is 4.79 Å². The fourth-order valence-electron chi connectivity index (χ4n) is 0.372. The van der Waals surface area contributed by atoms with Crippen LogP contribution in [0.25, 0.3) is 0 Å². The molecule has 42 valence electrons. The third-order valence-electron chi connectivity index (χ3n) is 0.687. The van der Waals surface area contributed by atoms with Crippen LogP contribution in [0, 0.1) is 0 Å². The Bertz CT molecular complexity index is 149. The molecule has 1 aliphatic rings. The first kappa shape index (κ1) is 5.03. The fraction of sp³-hybridized carbons (Fsp3) is 0.200. The molecule has 0 aromatic heterocycles. The molecule has 0 saturated carbocycles. The third kappa shape index (κ3) is 1.18. The highest BCUT2D eigenvalue weighted by molar-refractivity contribution is 6.28. The van der Waals surface area contributed by atoms with Crippen LogP contribution in [0.5, 0.6) is 0 Å². The van der Waals surface area contributed by atoms with E-state index < -0.39 is 0 Å². The number of ketones is 1. The molecule has 0 N–H and O–H groups in total. The van der Waals surface area contributed by atoms with Crippen molar-refractivity contribution in [2.45, 2.75) is 0 Å². The molecule has 0 aromatic rings. The number of nitrogens with zero attached hydrogens (tertiary/aromatic N) is 1. The Morgan fingerprint density at radius 3 is 3.50 bits per heavy atom. The largest absolute Gasteiger partial charge is 0.491 e. The van der Waals surface area contributed by atoms with Crippen LogP contribution in [0.2, 0.25) is 0 Å². The number of hydrogen-bond acceptors (Lipinski definition) is 3. The lowest BCUT2D eigenvalue weighted by Gasteiger charge is -1.88. The van der Waals surface area contributed by atoms with Crippen LogP contribution in [0.1, 0.15) is 0 Å². The maximum absolute atomic E-state index is 10.4. The van der Waals surface area contributed by atoms with Gasteiger partial charge in [0, 0.05) is 0 Å². The van der Waals surface area contributed by atoms with Crippen LogP contribution in [0.3, 0.4) is 0 Å². The summed E-state index contributed by atoms with van der Waals surface area (Å²) in [6.07, 6.45) is 4.07. The van der Waals surface area contributed by atoms with Gasteiger partial charge in [-0.3, -0.25) is 9.79 Å². The van der Waals surface area contributed by atoms with Crippen LogP contribution in [-0.2, 0) is 9.53 Å². The summed E-state index contributed by atoms with van der Waals surface area (Å²) in [6, 6.07) is 0. The summed E-state index contributed by atoms with van der Waals surface area (Å²) in [6.45, 7) is 0.111. The highest BCUT2D eigenvalue weighted by Crippen LogP contribution is 1.84. The van der Waals surface area contributed by atoms with Gasteiger partial charge < -0.3 is 4.74 Å². The lowest BCUT2D eigenvalue weighted by Crippen LogP contribution is -2.04. The van der Waals surface area contributed by atoms with Gasteiger partial charge in [0.1, 0.15) is 6.26 Å². The number of aliphatic imine (C=N–C) groups is 1. The maximum atomic E-state index is 10.4. The predicted octanol–water partition coefficient (Wildman–Crippen LogP) is 0.128. The minimum atomic E-state index is -0.102. The van der Waals surface area contributed by atoms with Crippen molar-refractivity contribution in [3.8, 4) is 0 Å². The zero-order valence-corrected chi connectivity index (χ0v) is 4.20. The molecule has 1 heterocycles. The van der Waals surface area contributed by atoms with Crippen molar-refractivity contribution >= 4 is 12.0 Å². The van der Waals surface area contributed by atoms with Crippen LogP contribution in [0.4, 0.5) is 0 Å². The van der Waals surface area contributed by atoms with Crippen molar-refractivity contribution in [1.82, 2.24) is 0 Å². The first-order valence-corrected chi connectivity index (χ1v) is 2.22. The molecule has 0 radical (unpaired) electrons. The SMILES string of the molecule is O=C1C=NC=COC1. The van der Waals surface area contributed by atoms with Gasteiger partial charge in [0.05, 0.1) is 12.4 Å². The molecule has 1 rings (SSSR count). The second-order valence-electron chi connectivity index (χ2n) is 1.34. The Hall–Kier alpha value is -1.12. The predicted molar refractivity (Wildman–Crippen MR) is 28.6 cm³/mol. The molecule has 1 aliphatic heterocycles. The topological polar surface area (TPSA) is 38.7 Å². The summed E-state index contributed by atoms with van der Waals surface area (Å²) in [4.78, 5) is 13.9. The summed E-state index contributed by atoms with van der Waals surface area (Å²) in [7, 11) is 0. The molecule has 0 aliphatic carbocycles. The molecule has 0 unspecified atom stereocenters. The Labute approximate surface area is 46.7 Å². The Kier molecular flexibility index (Phi) is 1.42. The summed E-state index contributed by atoms with van der Waals surface area (Å²) in [5, 5.41) is 0. The summed E-state index contributed by atoms with van der Waals surface area (Å²) in [5.74, 6) is -0.102. The smallest absolute Gasteiger partial charge is 0.211 e. The monoisotopic (exact) mass is 111 g/mol. The van der Waals surface area contributed by atoms with Gasteiger partial charge in [-0.1, -0.05) is 0 Å². The minimum absolute atomic E-state index is 0.102. The Morgan fingerprint density at radius 2 is 2.62 bits per heavy atom. The number of hydrogen-bond donors (Lipinski definition) is 0. The highest BCUT2D eigenvalue weighted by atomic mass is 16.5. The zero-order chi connectivity index (χ0) is 5.82. The highest BCUT2D eigenvalue weighted by Gasteiger charge is 1.95. The van der Waals surface area contributed by atoms with Crippen molar-refractivity contribution in [3.63, 3.8) is 0 Å². The van der Waals surface area contributed by atoms with Crippen molar-refractivity contribution < 1.29 is 9.53 Å². The van der Waals surface area contributed by atoms with E-state index in [1.165, 1.54) is 18.7 Å². The summed E-state index contributed by atoms with van der Waals surface area (Å²) in [5.41, 5.74) is 0. The Morgan fingerprint density at radius 1 is 1.75 bits per heavy atom. The molecule has 0 fully saturated rings. The van der Waals surface area contributed by atoms with Gasteiger partial charge in [-0.15, -0.1) is 0 Å². The van der Waals surface area contributed by atoms with Gasteiger partial charge in [0.25, 0.3) is 0 Å². The normalized spacial score (nSPS) is 17.8. The summed E-state index contributed by atoms with van der Waals surface area (Å²) < 4.78 is 4.65. The lowest BCUT2D eigenvalue weighted by molar-refractivity contribution is -0.115. The van der Waals surface area contributed by atoms with Crippen molar-refractivity contribution in [1.29, 1.82) is 0 Å². The molecule has 3 nitrogen and oxygen atoms in total. The maximum Gasteiger partial charge on any atom is 0.211 e. The molecule has 0 saturated heterocycles. The van der Waals surface area contributed by atoms with Crippen LogP contribution >= 0.6 is 0 Å². The van der Waals surface area contributed by atoms with Gasteiger partial charge in [-0.2, -0.15) is 0 Å². The molecule has 0 atom stereocenters. The fourth-order valence-corrected chi connectivity index (χ4v) is 0.372. The quantitative estimate of drug-likeness (QED) is 0.445. The number of ether oxygens (including phenoxy) is 1. The first-order valence-electron chi connectivity index (χ1n) is 2.22. The first-order chi connectivity index (χ1) is 3.89. The average Bonchev–Trinajstić information content (AvgIpc) is 1.94. The second kappa shape index (κ2) is 2.26. The minimum Gasteiger partial charge on any atom is -0.491 e. The van der Waals surface area contributed by atoms with E-state index in [-0.39, 0.29) is 12.4 Å². The van der Waals surface area contributed by atoms with Gasteiger partial charge in [0.2, 0.25) is 5.78 Å². The molecule has 3 heteroatoms. The number of rotatable bonds is 0. The molecular formula is C5H5NO2. The number of carbonyl (C=O) groups is 1. The molecule has 8 heavy (non-hydrogen) atoms. The molecule has 0 amide bonds. The third-order valence-corrected chi connectivity index (χ3v) is 0.687. The zero-order valence-electron chi connectivity index (χ0n) is 4.20. The number of carbonyl (C=O) groups excluding carboxylic acids is 1. The van der Waals surface area contributed by atoms with Gasteiger partial charge in [-0.05, 0) is 0 Å². The van der Waals surface area contributed by atoms with Crippen molar-refractivity contribution in [3.05, 3.63) is 12.5 Å². The van der Waals surface area contributed by atoms with E-state index in [1.807, 2.05) is 0 Å². The molecular weight excluding hydrogens is 106 g/mol.